The Bertz CT molecular complexity index is 1170. The van der Waals surface area contributed by atoms with Gasteiger partial charge in [-0.1, -0.05) is 43.4 Å². The monoisotopic (exact) mass is 391 g/mol. The number of nitrogens with one attached hydrogen (secondary N) is 1. The molecule has 4 aromatic rings. The molecule has 0 aliphatic carbocycles. The molecule has 0 aliphatic heterocycles. The number of hydrogen-bond donors (Lipinski definition) is 1. The predicted octanol–water partition coefficient (Wildman–Crippen LogP) is 5.62. The van der Waals surface area contributed by atoms with Crippen LogP contribution in [-0.2, 0) is 0 Å². The minimum atomic E-state index is -0.176. The maximum Gasteiger partial charge on any atom is 0.258 e. The van der Waals surface area contributed by atoms with Crippen LogP contribution in [0, 0.1) is 0 Å². The second-order valence-corrected chi connectivity index (χ2v) is 7.83. The van der Waals surface area contributed by atoms with Gasteiger partial charge in [-0.2, -0.15) is 0 Å². The lowest BCUT2D eigenvalue weighted by Crippen LogP contribution is -2.13. The van der Waals surface area contributed by atoms with Gasteiger partial charge in [-0.15, -0.1) is 0 Å². The Hall–Kier alpha value is -2.99. The molecule has 0 bridgehead atoms. The van der Waals surface area contributed by atoms with Crippen LogP contribution in [0.4, 0.5) is 5.13 Å². The van der Waals surface area contributed by atoms with E-state index < -0.39 is 0 Å². The highest BCUT2D eigenvalue weighted by atomic mass is 32.1. The van der Waals surface area contributed by atoms with Gasteiger partial charge < -0.3 is 4.74 Å². The molecule has 28 heavy (non-hydrogen) atoms. The smallest absolute Gasteiger partial charge is 0.258 e. The molecule has 142 valence electrons. The summed E-state index contributed by atoms with van der Waals surface area (Å²) in [6, 6.07) is 15.3. The number of carbonyl (C=O) groups excluding carboxylic acids is 1. The highest BCUT2D eigenvalue weighted by Crippen LogP contribution is 2.30. The largest absolute Gasteiger partial charge is 0.494 e. The van der Waals surface area contributed by atoms with Gasteiger partial charge in [0, 0.05) is 11.1 Å². The number of pyridine rings is 1. The van der Waals surface area contributed by atoms with Crippen LogP contribution in [0.3, 0.4) is 0 Å². The van der Waals surface area contributed by atoms with Gasteiger partial charge in [0.2, 0.25) is 0 Å². The Kier molecular flexibility index (Phi) is 4.96. The molecule has 2 aromatic carbocycles. The van der Waals surface area contributed by atoms with E-state index in [4.69, 9.17) is 4.74 Å². The highest BCUT2D eigenvalue weighted by Gasteiger charge is 2.16. The Labute approximate surface area is 167 Å². The molecule has 0 unspecified atom stereocenters. The molecular weight excluding hydrogens is 370 g/mol. The molecule has 0 radical (unpaired) electrons. The SMILES string of the molecule is CCOc1ccc2nc(NC(=O)c3cc(C(C)C)nc4ccccc34)sc2c1. The highest BCUT2D eigenvalue weighted by molar-refractivity contribution is 7.22. The third kappa shape index (κ3) is 3.55. The lowest BCUT2D eigenvalue weighted by Gasteiger charge is -2.11. The van der Waals surface area contributed by atoms with Crippen LogP contribution < -0.4 is 10.1 Å². The van der Waals surface area contributed by atoms with E-state index in [1.54, 1.807) is 0 Å². The zero-order valence-corrected chi connectivity index (χ0v) is 16.8. The number of benzene rings is 2. The van der Waals surface area contributed by atoms with Gasteiger partial charge in [-0.05, 0) is 43.2 Å². The Morgan fingerprint density at radius 1 is 1.11 bits per heavy atom. The summed E-state index contributed by atoms with van der Waals surface area (Å²) in [6.07, 6.45) is 0. The van der Waals surface area contributed by atoms with E-state index in [9.17, 15) is 4.79 Å². The first-order valence-corrected chi connectivity index (χ1v) is 10.1. The van der Waals surface area contributed by atoms with E-state index >= 15 is 0 Å². The Balaban J connectivity index is 1.69. The van der Waals surface area contributed by atoms with E-state index in [1.807, 2.05) is 55.5 Å². The number of thiazole rings is 1. The van der Waals surface area contributed by atoms with Crippen molar-refractivity contribution >= 4 is 43.5 Å². The molecule has 0 saturated heterocycles. The van der Waals surface area contributed by atoms with Crippen molar-refractivity contribution in [2.45, 2.75) is 26.7 Å². The fraction of sp³-hybridized carbons (Fsp3) is 0.227. The summed E-state index contributed by atoms with van der Waals surface area (Å²) >= 11 is 1.44. The summed E-state index contributed by atoms with van der Waals surface area (Å²) in [5, 5.41) is 4.36. The fourth-order valence-corrected chi connectivity index (χ4v) is 3.95. The van der Waals surface area contributed by atoms with E-state index in [0.29, 0.717) is 17.3 Å². The molecular formula is C22H21N3O2S. The van der Waals surface area contributed by atoms with Gasteiger partial charge in [-0.3, -0.25) is 15.1 Å². The summed E-state index contributed by atoms with van der Waals surface area (Å²) in [4.78, 5) is 22.3. The maximum atomic E-state index is 13.1. The van der Waals surface area contributed by atoms with Crippen molar-refractivity contribution < 1.29 is 9.53 Å². The van der Waals surface area contributed by atoms with Crippen molar-refractivity contribution in [1.82, 2.24) is 9.97 Å². The van der Waals surface area contributed by atoms with E-state index in [0.717, 1.165) is 32.6 Å². The van der Waals surface area contributed by atoms with Crippen molar-refractivity contribution in [1.29, 1.82) is 0 Å². The normalized spacial score (nSPS) is 11.3. The molecule has 4 rings (SSSR count). The van der Waals surface area contributed by atoms with Crippen molar-refractivity contribution in [2.75, 3.05) is 11.9 Å². The van der Waals surface area contributed by atoms with Crippen molar-refractivity contribution in [2.24, 2.45) is 0 Å². The van der Waals surface area contributed by atoms with Crippen molar-refractivity contribution in [3.8, 4) is 5.75 Å². The molecule has 0 fully saturated rings. The van der Waals surface area contributed by atoms with E-state index in [-0.39, 0.29) is 11.8 Å². The van der Waals surface area contributed by atoms with Crippen molar-refractivity contribution in [3.63, 3.8) is 0 Å². The number of ether oxygens (including phenoxy) is 1. The van der Waals surface area contributed by atoms with Crippen LogP contribution in [0.5, 0.6) is 5.75 Å². The van der Waals surface area contributed by atoms with Gasteiger partial charge in [0.25, 0.3) is 5.91 Å². The second kappa shape index (κ2) is 7.56. The lowest BCUT2D eigenvalue weighted by molar-refractivity contribution is 0.102. The summed E-state index contributed by atoms with van der Waals surface area (Å²) in [7, 11) is 0. The van der Waals surface area contributed by atoms with Gasteiger partial charge in [0.1, 0.15) is 5.75 Å². The Morgan fingerprint density at radius 2 is 1.93 bits per heavy atom. The standard InChI is InChI=1S/C22H21N3O2S/c1-4-27-14-9-10-18-20(11-14)28-22(24-18)25-21(26)16-12-19(13(2)3)23-17-8-6-5-7-15(16)17/h5-13H,4H2,1-3H3,(H,24,25,26). The van der Waals surface area contributed by atoms with Crippen LogP contribution in [0.2, 0.25) is 0 Å². The van der Waals surface area contributed by atoms with Crippen LogP contribution in [0.25, 0.3) is 21.1 Å². The quantitative estimate of drug-likeness (QED) is 0.480. The minimum absolute atomic E-state index is 0.176. The number of fused-ring (bicyclic) bond motifs is 2. The summed E-state index contributed by atoms with van der Waals surface area (Å²) in [5.41, 5.74) is 3.17. The van der Waals surface area contributed by atoms with Gasteiger partial charge in [0.15, 0.2) is 5.13 Å². The zero-order valence-electron chi connectivity index (χ0n) is 16.0. The van der Waals surface area contributed by atoms with Gasteiger partial charge >= 0.3 is 0 Å². The third-order valence-electron chi connectivity index (χ3n) is 4.46. The van der Waals surface area contributed by atoms with E-state index in [1.165, 1.54) is 11.3 Å². The van der Waals surface area contributed by atoms with Crippen LogP contribution in [0.15, 0.2) is 48.5 Å². The predicted molar refractivity (Wildman–Crippen MR) is 115 cm³/mol. The summed E-state index contributed by atoms with van der Waals surface area (Å²) in [6.45, 7) is 6.71. The van der Waals surface area contributed by atoms with Crippen LogP contribution >= 0.6 is 11.3 Å². The zero-order chi connectivity index (χ0) is 19.7. The molecule has 2 heterocycles. The topological polar surface area (TPSA) is 64.1 Å². The number of anilines is 1. The third-order valence-corrected chi connectivity index (χ3v) is 5.40. The first-order chi connectivity index (χ1) is 13.5. The number of carbonyl (C=O) groups is 1. The minimum Gasteiger partial charge on any atom is -0.494 e. The maximum absolute atomic E-state index is 13.1. The lowest BCUT2D eigenvalue weighted by atomic mass is 10.0. The number of para-hydroxylation sites is 1. The van der Waals surface area contributed by atoms with E-state index in [2.05, 4.69) is 29.1 Å². The average Bonchev–Trinajstić information content (AvgIpc) is 3.08. The number of hydrogen-bond acceptors (Lipinski definition) is 5. The van der Waals surface area contributed by atoms with Crippen molar-refractivity contribution in [3.05, 3.63) is 59.8 Å². The molecule has 1 amide bonds. The average molecular weight is 391 g/mol. The first kappa shape index (κ1) is 18.4. The number of nitrogens with zero attached hydrogens (tertiary/aromatic N) is 2. The number of rotatable bonds is 5. The number of aromatic nitrogens is 2. The molecule has 0 atom stereocenters. The van der Waals surface area contributed by atoms with Crippen LogP contribution in [0.1, 0.15) is 42.7 Å². The Morgan fingerprint density at radius 3 is 2.71 bits per heavy atom. The molecule has 0 spiro atoms. The molecule has 5 nitrogen and oxygen atoms in total. The second-order valence-electron chi connectivity index (χ2n) is 6.80. The van der Waals surface area contributed by atoms with Crippen LogP contribution in [-0.4, -0.2) is 22.5 Å². The van der Waals surface area contributed by atoms with Gasteiger partial charge in [-0.25, -0.2) is 4.98 Å². The van der Waals surface area contributed by atoms with Gasteiger partial charge in [0.05, 0.1) is 27.9 Å². The summed E-state index contributed by atoms with van der Waals surface area (Å²) in [5.74, 6) is 0.860. The molecule has 2 aromatic heterocycles. The molecule has 6 heteroatoms. The fourth-order valence-electron chi connectivity index (χ4n) is 3.06. The molecule has 0 aliphatic rings. The molecule has 1 N–H and O–H groups in total. The summed E-state index contributed by atoms with van der Waals surface area (Å²) < 4.78 is 6.52. The number of amides is 1. The first-order valence-electron chi connectivity index (χ1n) is 9.29. The molecule has 0 saturated carbocycles.